The van der Waals surface area contributed by atoms with Gasteiger partial charge in [0.1, 0.15) is 14.5 Å². The molecule has 2 aliphatic rings. The highest BCUT2D eigenvalue weighted by Crippen LogP contribution is 2.53. The predicted octanol–water partition coefficient (Wildman–Crippen LogP) is 0.670. The van der Waals surface area contributed by atoms with Gasteiger partial charge in [-0.1, -0.05) is 37.3 Å². The van der Waals surface area contributed by atoms with E-state index in [1.54, 1.807) is 14.8 Å². The Morgan fingerprint density at radius 1 is 1.30 bits per heavy atom. The second-order valence-corrected chi connectivity index (χ2v) is 9.02. The van der Waals surface area contributed by atoms with E-state index in [4.69, 9.17) is 9.47 Å². The quantitative estimate of drug-likeness (QED) is 0.597. The molecular formula is C16H21BO5S. The number of hydrogen-bond donors (Lipinski definition) is 0. The molecular weight excluding hydrogens is 315 g/mol. The van der Waals surface area contributed by atoms with Crippen molar-refractivity contribution in [2.75, 3.05) is 0 Å². The lowest BCUT2D eigenvalue weighted by Gasteiger charge is -2.35. The Kier molecular flexibility index (Phi) is 4.05. The van der Waals surface area contributed by atoms with E-state index in [-0.39, 0.29) is 24.9 Å². The fraction of sp³-hybridized carbons (Fsp3) is 0.562. The topological polar surface area (TPSA) is 69.7 Å². The highest BCUT2D eigenvalue weighted by atomic mass is 32.2. The van der Waals surface area contributed by atoms with Crippen LogP contribution in [0.25, 0.3) is 0 Å². The number of carbonyl (C=O) groups excluding carboxylic acids is 1. The molecule has 0 amide bonds. The van der Waals surface area contributed by atoms with Crippen LogP contribution in [0.2, 0.25) is 0 Å². The Balaban J connectivity index is 1.73. The van der Waals surface area contributed by atoms with Crippen LogP contribution in [0.1, 0.15) is 25.8 Å². The van der Waals surface area contributed by atoms with Crippen molar-refractivity contribution in [2.24, 2.45) is 5.92 Å². The van der Waals surface area contributed by atoms with Crippen LogP contribution in [0.5, 0.6) is 0 Å². The largest absolute Gasteiger partial charge is 0.461 e. The molecule has 3 rings (SSSR count). The van der Waals surface area contributed by atoms with Crippen molar-refractivity contribution in [1.82, 2.24) is 0 Å². The van der Waals surface area contributed by atoms with Gasteiger partial charge in [0.25, 0.3) is 0 Å². The molecule has 2 heterocycles. The zero-order chi connectivity index (χ0) is 16.8. The van der Waals surface area contributed by atoms with Crippen LogP contribution < -0.4 is 0 Å². The predicted molar refractivity (Wildman–Crippen MR) is 88.3 cm³/mol. The van der Waals surface area contributed by atoms with Crippen LogP contribution in [0.4, 0.5) is 0 Å². The number of ether oxygens (including phenoxy) is 2. The number of benzene rings is 1. The van der Waals surface area contributed by atoms with E-state index in [2.05, 4.69) is 0 Å². The summed E-state index contributed by atoms with van der Waals surface area (Å²) in [6, 6.07) is 9.02. The molecule has 1 aromatic rings. The third-order valence-corrected chi connectivity index (χ3v) is 8.29. The summed E-state index contributed by atoms with van der Waals surface area (Å²) in [7, 11) is -1.50. The first-order valence-corrected chi connectivity index (χ1v) is 9.50. The Hall–Kier alpha value is -1.34. The zero-order valence-corrected chi connectivity index (χ0v) is 14.4. The number of esters is 1. The summed E-state index contributed by atoms with van der Waals surface area (Å²) in [4.78, 5) is 12.3. The minimum absolute atomic E-state index is 0.0256. The number of hydrogen-bond acceptors (Lipinski definition) is 5. The maximum Gasteiger partial charge on any atom is 0.309 e. The van der Waals surface area contributed by atoms with Gasteiger partial charge in [0.15, 0.2) is 9.84 Å². The molecule has 5 nitrogen and oxygen atoms in total. The monoisotopic (exact) mass is 336 g/mol. The average Bonchev–Trinajstić information content (AvgIpc) is 2.83. The zero-order valence-electron chi connectivity index (χ0n) is 13.6. The van der Waals surface area contributed by atoms with Gasteiger partial charge in [-0.3, -0.25) is 4.79 Å². The minimum atomic E-state index is -3.27. The molecule has 0 aliphatic carbocycles. The van der Waals surface area contributed by atoms with E-state index >= 15 is 0 Å². The van der Waals surface area contributed by atoms with Crippen LogP contribution in [0.15, 0.2) is 30.3 Å². The Bertz CT molecular complexity index is 704. The van der Waals surface area contributed by atoms with Crippen LogP contribution in [-0.2, 0) is 30.7 Å². The van der Waals surface area contributed by atoms with Gasteiger partial charge in [-0.2, -0.15) is 0 Å². The van der Waals surface area contributed by atoms with Gasteiger partial charge in [0, 0.05) is 11.9 Å². The first-order chi connectivity index (χ1) is 10.8. The summed E-state index contributed by atoms with van der Waals surface area (Å²) >= 11 is 0. The lowest BCUT2D eigenvalue weighted by molar-refractivity contribution is -0.153. The van der Waals surface area contributed by atoms with Crippen molar-refractivity contribution in [3.63, 3.8) is 0 Å². The highest BCUT2D eigenvalue weighted by Gasteiger charge is 2.69. The van der Waals surface area contributed by atoms with Crippen molar-refractivity contribution < 1.29 is 22.7 Å². The number of sulfone groups is 1. The SMILES string of the molecule is B[C@@H]1O[C@]2(CC(=O)OCc3ccccc3)C(C)[C@@H]1S(=O)(=O)[C@H]2C. The van der Waals surface area contributed by atoms with Crippen molar-refractivity contribution in [1.29, 1.82) is 0 Å². The summed E-state index contributed by atoms with van der Waals surface area (Å²) < 4.78 is 36.3. The minimum Gasteiger partial charge on any atom is -0.461 e. The summed E-state index contributed by atoms with van der Waals surface area (Å²) in [6.45, 7) is 3.69. The molecule has 0 saturated carbocycles. The second-order valence-electron chi connectivity index (χ2n) is 6.59. The Morgan fingerprint density at radius 2 is 1.96 bits per heavy atom. The molecule has 23 heavy (non-hydrogen) atoms. The molecule has 0 N–H and O–H groups in total. The second kappa shape index (κ2) is 5.63. The van der Waals surface area contributed by atoms with Gasteiger partial charge in [0.05, 0.1) is 22.5 Å². The molecule has 0 radical (unpaired) electrons. The van der Waals surface area contributed by atoms with Gasteiger partial charge in [0.2, 0.25) is 0 Å². The highest BCUT2D eigenvalue weighted by molar-refractivity contribution is 7.93. The van der Waals surface area contributed by atoms with Gasteiger partial charge in [-0.25, -0.2) is 8.42 Å². The summed E-state index contributed by atoms with van der Waals surface area (Å²) in [6.07, 6.45) is -0.0256. The third-order valence-electron chi connectivity index (χ3n) is 5.36. The molecule has 2 bridgehead atoms. The van der Waals surface area contributed by atoms with E-state index in [9.17, 15) is 13.2 Å². The summed E-state index contributed by atoms with van der Waals surface area (Å²) in [5, 5.41) is -1.21. The fourth-order valence-electron chi connectivity index (χ4n) is 4.10. The molecule has 0 spiro atoms. The Labute approximate surface area is 137 Å². The first-order valence-electron chi connectivity index (χ1n) is 7.89. The van der Waals surface area contributed by atoms with Crippen LogP contribution in [-0.4, -0.2) is 44.3 Å². The maximum atomic E-state index is 12.5. The lowest BCUT2D eigenvalue weighted by atomic mass is 9.82. The van der Waals surface area contributed by atoms with Crippen molar-refractivity contribution in [3.8, 4) is 0 Å². The molecule has 7 heteroatoms. The van der Waals surface area contributed by atoms with Gasteiger partial charge in [-0.15, -0.1) is 0 Å². The van der Waals surface area contributed by atoms with Crippen molar-refractivity contribution >= 4 is 23.7 Å². The van der Waals surface area contributed by atoms with Crippen molar-refractivity contribution in [3.05, 3.63) is 35.9 Å². The van der Waals surface area contributed by atoms with Crippen molar-refractivity contribution in [2.45, 2.75) is 49.0 Å². The molecule has 124 valence electrons. The first kappa shape index (κ1) is 16.5. The van der Waals surface area contributed by atoms with E-state index in [0.717, 1.165) is 5.56 Å². The number of fused-ring (bicyclic) bond motifs is 2. The van der Waals surface area contributed by atoms with Crippen LogP contribution >= 0.6 is 0 Å². The smallest absolute Gasteiger partial charge is 0.309 e. The van der Waals surface area contributed by atoms with E-state index in [1.807, 2.05) is 37.3 Å². The van der Waals surface area contributed by atoms with Crippen LogP contribution in [0.3, 0.4) is 0 Å². The summed E-state index contributed by atoms with van der Waals surface area (Å²) in [5.41, 5.74) is -0.0615. The number of carbonyl (C=O) groups is 1. The molecule has 2 saturated heterocycles. The standard InChI is InChI=1S/C16H21BO5S/c1-10-14-15(17)22-16(10,11(2)23(14,19)20)8-13(18)21-9-12-6-4-3-5-7-12/h3-7,10-11,14-15H,8-9,17H2,1-2H3/t10?,11-,14-,15+,16+/m0/s1. The van der Waals surface area contributed by atoms with Gasteiger partial charge >= 0.3 is 5.97 Å². The molecule has 1 unspecified atom stereocenters. The van der Waals surface area contributed by atoms with E-state index < -0.39 is 31.9 Å². The number of rotatable bonds is 4. The van der Waals surface area contributed by atoms with Crippen LogP contribution in [0, 0.1) is 5.92 Å². The average molecular weight is 336 g/mol. The third kappa shape index (κ3) is 2.50. The summed E-state index contributed by atoms with van der Waals surface area (Å²) in [5.74, 6) is -0.626. The molecule has 1 aromatic carbocycles. The normalized spacial score (nSPS) is 37.7. The van der Waals surface area contributed by atoms with E-state index in [0.29, 0.717) is 0 Å². The fourth-order valence-corrected chi connectivity index (χ4v) is 6.87. The maximum absolute atomic E-state index is 12.5. The molecule has 2 fully saturated rings. The van der Waals surface area contributed by atoms with E-state index in [1.165, 1.54) is 0 Å². The lowest BCUT2D eigenvalue weighted by Crippen LogP contribution is -2.49. The molecule has 0 aromatic heterocycles. The van der Waals surface area contributed by atoms with Gasteiger partial charge in [-0.05, 0) is 12.5 Å². The Morgan fingerprint density at radius 3 is 2.57 bits per heavy atom. The molecule has 5 atom stereocenters. The molecule has 2 aliphatic heterocycles. The van der Waals surface area contributed by atoms with Gasteiger partial charge < -0.3 is 9.47 Å².